The van der Waals surface area contributed by atoms with Crippen LogP contribution in [0.2, 0.25) is 0 Å². The van der Waals surface area contributed by atoms with Gasteiger partial charge in [-0.05, 0) is 24.6 Å². The molecule has 0 amide bonds. The van der Waals surface area contributed by atoms with Crippen molar-refractivity contribution in [3.63, 3.8) is 0 Å². The summed E-state index contributed by atoms with van der Waals surface area (Å²) in [6, 6.07) is 1.30. The maximum atomic E-state index is 12.7. The summed E-state index contributed by atoms with van der Waals surface area (Å²) in [5, 5.41) is 18.2. The molecule has 2 atom stereocenters. The van der Waals surface area contributed by atoms with E-state index >= 15 is 0 Å². The summed E-state index contributed by atoms with van der Waals surface area (Å²) in [5.41, 5.74) is -0.198. The van der Waals surface area contributed by atoms with Gasteiger partial charge in [-0.25, -0.2) is 13.2 Å². The van der Waals surface area contributed by atoms with Crippen LogP contribution >= 0.6 is 0 Å². The van der Waals surface area contributed by atoms with Gasteiger partial charge in [0, 0.05) is 0 Å². The van der Waals surface area contributed by atoms with E-state index in [1.807, 2.05) is 0 Å². The van der Waals surface area contributed by atoms with Crippen molar-refractivity contribution in [1.29, 1.82) is 0 Å². The highest BCUT2D eigenvalue weighted by Crippen LogP contribution is 2.21. The lowest BCUT2D eigenvalue weighted by Gasteiger charge is -2.14. The predicted octanol–water partition coefficient (Wildman–Crippen LogP) is 1.52. The Balaban J connectivity index is 3.12. The highest BCUT2D eigenvalue weighted by atomic mass is 19.2. The fourth-order valence-electron chi connectivity index (χ4n) is 1.02. The molecule has 78 valence electrons. The molecule has 0 radical (unpaired) electrons. The zero-order valence-corrected chi connectivity index (χ0v) is 7.34. The first-order chi connectivity index (χ1) is 6.43. The first kappa shape index (κ1) is 11.0. The Morgan fingerprint density at radius 2 is 1.50 bits per heavy atom. The molecular formula is C9H9F3O2. The molecule has 0 unspecified atom stereocenters. The molecular weight excluding hydrogens is 197 g/mol. The average Bonchev–Trinajstić information content (AvgIpc) is 2.12. The number of halogens is 3. The highest BCUT2D eigenvalue weighted by molar-refractivity contribution is 5.22. The van der Waals surface area contributed by atoms with Gasteiger partial charge in [-0.2, -0.15) is 0 Å². The summed E-state index contributed by atoms with van der Waals surface area (Å²) in [5.74, 6) is -4.37. The van der Waals surface area contributed by atoms with E-state index in [1.54, 1.807) is 0 Å². The van der Waals surface area contributed by atoms with Crippen molar-refractivity contribution in [2.24, 2.45) is 0 Å². The minimum Gasteiger partial charge on any atom is -0.390 e. The van der Waals surface area contributed by atoms with E-state index in [4.69, 9.17) is 5.11 Å². The van der Waals surface area contributed by atoms with E-state index in [1.165, 1.54) is 6.92 Å². The minimum atomic E-state index is -1.59. The van der Waals surface area contributed by atoms with Crippen molar-refractivity contribution in [1.82, 2.24) is 0 Å². The van der Waals surface area contributed by atoms with Crippen LogP contribution in [-0.2, 0) is 0 Å². The van der Waals surface area contributed by atoms with Gasteiger partial charge in [0.2, 0.25) is 0 Å². The molecule has 1 aromatic carbocycles. The van der Waals surface area contributed by atoms with Crippen LogP contribution in [0.3, 0.4) is 0 Å². The van der Waals surface area contributed by atoms with Gasteiger partial charge in [-0.15, -0.1) is 0 Å². The number of aliphatic hydroxyl groups is 2. The molecule has 0 saturated heterocycles. The van der Waals surface area contributed by atoms with Crippen LogP contribution in [0.15, 0.2) is 12.1 Å². The summed E-state index contributed by atoms with van der Waals surface area (Å²) in [6.45, 7) is 1.25. The van der Waals surface area contributed by atoms with Crippen molar-refractivity contribution in [3.05, 3.63) is 35.1 Å². The smallest absolute Gasteiger partial charge is 0.194 e. The van der Waals surface area contributed by atoms with Crippen molar-refractivity contribution in [3.8, 4) is 0 Å². The Morgan fingerprint density at radius 1 is 1.07 bits per heavy atom. The van der Waals surface area contributed by atoms with Gasteiger partial charge in [0.1, 0.15) is 6.10 Å². The SMILES string of the molecule is C[C@H](O)[C@@H](O)c1cc(F)c(F)c(F)c1. The van der Waals surface area contributed by atoms with Crippen LogP contribution < -0.4 is 0 Å². The molecule has 0 heterocycles. The topological polar surface area (TPSA) is 40.5 Å². The Kier molecular flexibility index (Phi) is 3.13. The van der Waals surface area contributed by atoms with Crippen LogP contribution in [0.5, 0.6) is 0 Å². The Bertz CT molecular complexity index is 316. The molecule has 0 aliphatic rings. The van der Waals surface area contributed by atoms with Gasteiger partial charge in [0.25, 0.3) is 0 Å². The lowest BCUT2D eigenvalue weighted by atomic mass is 10.1. The fraction of sp³-hybridized carbons (Fsp3) is 0.333. The van der Waals surface area contributed by atoms with E-state index in [9.17, 15) is 18.3 Å². The quantitative estimate of drug-likeness (QED) is 0.720. The van der Waals surface area contributed by atoms with Gasteiger partial charge in [-0.1, -0.05) is 0 Å². The molecule has 0 aliphatic carbocycles. The van der Waals surface area contributed by atoms with Crippen LogP contribution in [0.1, 0.15) is 18.6 Å². The van der Waals surface area contributed by atoms with Crippen LogP contribution in [0.25, 0.3) is 0 Å². The van der Waals surface area contributed by atoms with Gasteiger partial charge in [0.05, 0.1) is 6.10 Å². The maximum absolute atomic E-state index is 12.7. The summed E-state index contributed by atoms with van der Waals surface area (Å²) >= 11 is 0. The van der Waals surface area contributed by atoms with Crippen molar-refractivity contribution in [2.45, 2.75) is 19.1 Å². The third kappa shape index (κ3) is 2.05. The predicted molar refractivity (Wildman–Crippen MR) is 43.0 cm³/mol. The fourth-order valence-corrected chi connectivity index (χ4v) is 1.02. The normalized spacial score (nSPS) is 15.3. The Labute approximate surface area is 78.6 Å². The lowest BCUT2D eigenvalue weighted by Crippen LogP contribution is -2.14. The average molecular weight is 206 g/mol. The molecule has 14 heavy (non-hydrogen) atoms. The summed E-state index contributed by atoms with van der Waals surface area (Å²) < 4.78 is 37.8. The highest BCUT2D eigenvalue weighted by Gasteiger charge is 2.18. The summed E-state index contributed by atoms with van der Waals surface area (Å²) in [4.78, 5) is 0. The second-order valence-corrected chi connectivity index (χ2v) is 2.98. The van der Waals surface area contributed by atoms with E-state index < -0.39 is 29.7 Å². The van der Waals surface area contributed by atoms with E-state index in [-0.39, 0.29) is 5.56 Å². The molecule has 0 aromatic heterocycles. The second kappa shape index (κ2) is 3.98. The summed E-state index contributed by atoms with van der Waals surface area (Å²) in [6.07, 6.45) is -2.61. The standard InChI is InChI=1S/C9H9F3O2/c1-4(13)9(14)5-2-6(10)8(12)7(11)3-5/h2-4,9,13-14H,1H3/t4-,9+/m0/s1. The molecule has 0 bridgehead atoms. The monoisotopic (exact) mass is 206 g/mol. The van der Waals surface area contributed by atoms with Crippen LogP contribution in [-0.4, -0.2) is 16.3 Å². The Morgan fingerprint density at radius 3 is 1.86 bits per heavy atom. The molecule has 2 N–H and O–H groups in total. The van der Waals surface area contributed by atoms with E-state index in [0.717, 1.165) is 0 Å². The van der Waals surface area contributed by atoms with Gasteiger partial charge < -0.3 is 10.2 Å². The summed E-state index contributed by atoms with van der Waals surface area (Å²) in [7, 11) is 0. The van der Waals surface area contributed by atoms with Crippen molar-refractivity contribution in [2.75, 3.05) is 0 Å². The molecule has 1 aromatic rings. The third-order valence-corrected chi connectivity index (χ3v) is 1.80. The van der Waals surface area contributed by atoms with Crippen molar-refractivity contribution >= 4 is 0 Å². The maximum Gasteiger partial charge on any atom is 0.194 e. The molecule has 5 heteroatoms. The van der Waals surface area contributed by atoms with E-state index in [0.29, 0.717) is 12.1 Å². The second-order valence-electron chi connectivity index (χ2n) is 2.98. The zero-order chi connectivity index (χ0) is 10.9. The zero-order valence-electron chi connectivity index (χ0n) is 7.34. The van der Waals surface area contributed by atoms with Crippen LogP contribution in [0, 0.1) is 17.5 Å². The molecule has 0 fully saturated rings. The number of hydrogen-bond donors (Lipinski definition) is 2. The first-order valence-corrected chi connectivity index (χ1v) is 3.94. The number of benzene rings is 1. The number of aliphatic hydroxyl groups excluding tert-OH is 2. The van der Waals surface area contributed by atoms with Gasteiger partial charge in [-0.3, -0.25) is 0 Å². The molecule has 1 rings (SSSR count). The Hall–Kier alpha value is -1.07. The molecule has 0 spiro atoms. The minimum absolute atomic E-state index is 0.198. The number of hydrogen-bond acceptors (Lipinski definition) is 2. The largest absolute Gasteiger partial charge is 0.390 e. The van der Waals surface area contributed by atoms with Gasteiger partial charge >= 0.3 is 0 Å². The third-order valence-electron chi connectivity index (χ3n) is 1.80. The number of rotatable bonds is 2. The molecule has 2 nitrogen and oxygen atoms in total. The first-order valence-electron chi connectivity index (χ1n) is 3.94. The lowest BCUT2D eigenvalue weighted by molar-refractivity contribution is 0.0301. The van der Waals surface area contributed by atoms with Crippen LogP contribution in [0.4, 0.5) is 13.2 Å². The molecule has 0 aliphatic heterocycles. The molecule has 0 saturated carbocycles. The van der Waals surface area contributed by atoms with Gasteiger partial charge in [0.15, 0.2) is 17.5 Å². The van der Waals surface area contributed by atoms with E-state index in [2.05, 4.69) is 0 Å². The van der Waals surface area contributed by atoms with Crippen molar-refractivity contribution < 1.29 is 23.4 Å².